The third kappa shape index (κ3) is 4.58. The number of amides is 1. The number of hydrogen-bond acceptors (Lipinski definition) is 4. The summed E-state index contributed by atoms with van der Waals surface area (Å²) in [5, 5.41) is 21.1. The molecule has 24 heavy (non-hydrogen) atoms. The van der Waals surface area contributed by atoms with Gasteiger partial charge in [0.2, 0.25) is 5.91 Å². The second kappa shape index (κ2) is 8.70. The number of anilines is 1. The number of nitrogens with zero attached hydrogens (tertiary/aromatic N) is 1. The van der Waals surface area contributed by atoms with Crippen molar-refractivity contribution in [3.8, 4) is 11.8 Å². The zero-order valence-electron chi connectivity index (χ0n) is 13.6. The van der Waals surface area contributed by atoms with E-state index in [1.165, 1.54) is 0 Å². The van der Waals surface area contributed by atoms with Crippen LogP contribution in [0.5, 0.6) is 5.75 Å². The highest BCUT2D eigenvalue weighted by Gasteiger charge is 2.10. The Kier molecular flexibility index (Phi) is 6.35. The number of carbonyl (C=O) groups excluding carboxylic acids is 1. The predicted octanol–water partition coefficient (Wildman–Crippen LogP) is 2.82. The first kappa shape index (κ1) is 17.5. The summed E-state index contributed by atoms with van der Waals surface area (Å²) in [7, 11) is 0. The third-order valence-corrected chi connectivity index (χ3v) is 3.55. The lowest BCUT2D eigenvalue weighted by atomic mass is 10.0. The van der Waals surface area contributed by atoms with Gasteiger partial charge in [0.25, 0.3) is 0 Å². The Morgan fingerprint density at radius 1 is 1.21 bits per heavy atom. The van der Waals surface area contributed by atoms with Gasteiger partial charge in [0.1, 0.15) is 5.75 Å². The first-order valence-corrected chi connectivity index (χ1v) is 7.78. The highest BCUT2D eigenvalue weighted by molar-refractivity contribution is 5.92. The van der Waals surface area contributed by atoms with E-state index in [0.717, 1.165) is 11.1 Å². The number of aliphatic hydroxyl groups is 1. The molecule has 2 N–H and O–H groups in total. The Hall–Kier alpha value is -2.84. The van der Waals surface area contributed by atoms with Gasteiger partial charge in [-0.3, -0.25) is 4.79 Å². The number of rotatable bonds is 7. The topological polar surface area (TPSA) is 82.3 Å². The van der Waals surface area contributed by atoms with Gasteiger partial charge in [-0.1, -0.05) is 24.3 Å². The van der Waals surface area contributed by atoms with Crippen molar-refractivity contribution >= 4 is 11.6 Å². The Labute approximate surface area is 141 Å². The maximum atomic E-state index is 12.3. The fraction of sp³-hybridized carbons (Fsp3) is 0.263. The van der Waals surface area contributed by atoms with Crippen molar-refractivity contribution in [3.05, 3.63) is 59.2 Å². The largest absolute Gasteiger partial charge is 0.494 e. The van der Waals surface area contributed by atoms with Crippen LogP contribution in [0, 0.1) is 11.3 Å². The molecule has 0 fully saturated rings. The van der Waals surface area contributed by atoms with Crippen LogP contribution in [-0.2, 0) is 24.2 Å². The van der Waals surface area contributed by atoms with Crippen LogP contribution in [-0.4, -0.2) is 17.6 Å². The van der Waals surface area contributed by atoms with Crippen LogP contribution in [0.15, 0.2) is 42.5 Å². The molecule has 124 valence electrons. The molecule has 0 atom stereocenters. The van der Waals surface area contributed by atoms with E-state index in [1.807, 2.05) is 31.2 Å². The van der Waals surface area contributed by atoms with Gasteiger partial charge in [0.15, 0.2) is 0 Å². The molecule has 0 aliphatic rings. The van der Waals surface area contributed by atoms with E-state index in [4.69, 9.17) is 10.00 Å². The van der Waals surface area contributed by atoms with Gasteiger partial charge in [0, 0.05) is 11.3 Å². The van der Waals surface area contributed by atoms with Crippen LogP contribution in [0.1, 0.15) is 23.6 Å². The van der Waals surface area contributed by atoms with Crippen LogP contribution in [0.25, 0.3) is 0 Å². The summed E-state index contributed by atoms with van der Waals surface area (Å²) < 4.78 is 5.42. The third-order valence-electron chi connectivity index (χ3n) is 3.55. The highest BCUT2D eigenvalue weighted by Crippen LogP contribution is 2.23. The molecular formula is C19H20N2O3. The summed E-state index contributed by atoms with van der Waals surface area (Å²) in [6.07, 6.45) is 0.473. The monoisotopic (exact) mass is 324 g/mol. The minimum Gasteiger partial charge on any atom is -0.494 e. The number of aliphatic hydroxyl groups excluding tert-OH is 1. The van der Waals surface area contributed by atoms with Gasteiger partial charge in [-0.25, -0.2) is 0 Å². The molecule has 0 aliphatic heterocycles. The minimum atomic E-state index is -0.173. The Morgan fingerprint density at radius 2 is 1.96 bits per heavy atom. The van der Waals surface area contributed by atoms with Gasteiger partial charge in [-0.2, -0.15) is 5.26 Å². The zero-order chi connectivity index (χ0) is 17.4. The molecule has 0 heterocycles. The van der Waals surface area contributed by atoms with Crippen molar-refractivity contribution in [2.24, 2.45) is 0 Å². The molecule has 0 unspecified atom stereocenters. The van der Waals surface area contributed by atoms with Crippen molar-refractivity contribution < 1.29 is 14.6 Å². The molecule has 2 aromatic rings. The fourth-order valence-electron chi connectivity index (χ4n) is 2.44. The van der Waals surface area contributed by atoms with Gasteiger partial charge in [-0.15, -0.1) is 0 Å². The minimum absolute atomic E-state index is 0.163. The molecule has 5 heteroatoms. The zero-order valence-corrected chi connectivity index (χ0v) is 13.6. The van der Waals surface area contributed by atoms with Gasteiger partial charge >= 0.3 is 0 Å². The molecule has 5 nitrogen and oxygen atoms in total. The van der Waals surface area contributed by atoms with Crippen molar-refractivity contribution in [2.75, 3.05) is 11.9 Å². The van der Waals surface area contributed by atoms with E-state index in [9.17, 15) is 9.90 Å². The summed E-state index contributed by atoms with van der Waals surface area (Å²) in [4.78, 5) is 12.3. The van der Waals surface area contributed by atoms with Gasteiger partial charge in [-0.05, 0) is 36.2 Å². The highest BCUT2D eigenvalue weighted by atomic mass is 16.5. The molecule has 2 aromatic carbocycles. The molecule has 0 bridgehead atoms. The molecule has 0 saturated heterocycles. The summed E-state index contributed by atoms with van der Waals surface area (Å²) in [6, 6.07) is 14.7. The molecule has 1 amide bonds. The molecule has 0 spiro atoms. The number of ether oxygens (including phenoxy) is 1. The van der Waals surface area contributed by atoms with E-state index in [-0.39, 0.29) is 25.4 Å². The van der Waals surface area contributed by atoms with Crippen LogP contribution in [0.4, 0.5) is 5.69 Å². The number of nitriles is 1. The smallest absolute Gasteiger partial charge is 0.228 e. The molecule has 0 aromatic heterocycles. The second-order valence-corrected chi connectivity index (χ2v) is 5.24. The van der Waals surface area contributed by atoms with E-state index in [1.54, 1.807) is 18.2 Å². The number of nitrogens with one attached hydrogen (secondary N) is 1. The van der Waals surface area contributed by atoms with Crippen LogP contribution >= 0.6 is 0 Å². The number of benzene rings is 2. The summed E-state index contributed by atoms with van der Waals surface area (Å²) >= 11 is 0. The first-order chi connectivity index (χ1) is 11.7. The number of carbonyl (C=O) groups is 1. The van der Waals surface area contributed by atoms with E-state index in [2.05, 4.69) is 11.4 Å². The quantitative estimate of drug-likeness (QED) is 0.820. The van der Waals surface area contributed by atoms with Crippen molar-refractivity contribution in [3.63, 3.8) is 0 Å². The van der Waals surface area contributed by atoms with E-state index >= 15 is 0 Å². The molecule has 0 aliphatic carbocycles. The van der Waals surface area contributed by atoms with E-state index < -0.39 is 0 Å². The van der Waals surface area contributed by atoms with Crippen LogP contribution in [0.3, 0.4) is 0 Å². The molecule has 0 saturated carbocycles. The Morgan fingerprint density at radius 3 is 2.62 bits per heavy atom. The normalized spacial score (nSPS) is 10.0. The van der Waals surface area contributed by atoms with Crippen molar-refractivity contribution in [2.45, 2.75) is 26.4 Å². The lowest BCUT2D eigenvalue weighted by Gasteiger charge is -2.12. The SMILES string of the molecule is CCOc1ccc(NC(=O)Cc2ccccc2CC#N)cc1CO. The molecule has 0 radical (unpaired) electrons. The van der Waals surface area contributed by atoms with Gasteiger partial charge < -0.3 is 15.2 Å². The summed E-state index contributed by atoms with van der Waals surface area (Å²) in [6.45, 7) is 2.22. The summed E-state index contributed by atoms with van der Waals surface area (Å²) in [5.41, 5.74) is 2.92. The standard InChI is InChI=1S/C19H20N2O3/c1-2-24-18-8-7-17(11-16(18)13-22)21-19(23)12-15-6-4-3-5-14(15)9-10-20/h3-8,11,22H,2,9,12-13H2,1H3,(H,21,23). The fourth-order valence-corrected chi connectivity index (χ4v) is 2.44. The number of hydrogen-bond donors (Lipinski definition) is 2. The van der Waals surface area contributed by atoms with E-state index in [0.29, 0.717) is 23.6 Å². The first-order valence-electron chi connectivity index (χ1n) is 7.78. The van der Waals surface area contributed by atoms with Crippen molar-refractivity contribution in [1.29, 1.82) is 5.26 Å². The maximum absolute atomic E-state index is 12.3. The lowest BCUT2D eigenvalue weighted by molar-refractivity contribution is -0.115. The van der Waals surface area contributed by atoms with Crippen molar-refractivity contribution in [1.82, 2.24) is 0 Å². The second-order valence-electron chi connectivity index (χ2n) is 5.24. The molecular weight excluding hydrogens is 304 g/mol. The average molecular weight is 324 g/mol. The average Bonchev–Trinajstić information content (AvgIpc) is 2.58. The van der Waals surface area contributed by atoms with Gasteiger partial charge in [0.05, 0.1) is 32.1 Å². The predicted molar refractivity (Wildman–Crippen MR) is 91.6 cm³/mol. The van der Waals surface area contributed by atoms with Crippen LogP contribution in [0.2, 0.25) is 0 Å². The Balaban J connectivity index is 2.09. The Bertz CT molecular complexity index is 751. The van der Waals surface area contributed by atoms with Crippen LogP contribution < -0.4 is 10.1 Å². The molecule has 2 rings (SSSR count). The maximum Gasteiger partial charge on any atom is 0.228 e. The lowest BCUT2D eigenvalue weighted by Crippen LogP contribution is -2.15. The summed E-state index contributed by atoms with van der Waals surface area (Å²) in [5.74, 6) is 0.436.